The molecule has 114 valence electrons. The van der Waals surface area contributed by atoms with Crippen LogP contribution in [-0.2, 0) is 15.7 Å². The predicted molar refractivity (Wildman–Crippen MR) is 75.0 cm³/mol. The molecular formula is C9H14Cl2N3O5P. The molecule has 1 aromatic heterocycles. The molecule has 1 aromatic rings. The van der Waals surface area contributed by atoms with Crippen LogP contribution < -0.4 is 5.50 Å². The molecule has 0 aliphatic heterocycles. The van der Waals surface area contributed by atoms with Gasteiger partial charge in [-0.3, -0.25) is 19.2 Å². The monoisotopic (exact) mass is 345 g/mol. The van der Waals surface area contributed by atoms with Crippen LogP contribution in [-0.4, -0.2) is 34.4 Å². The highest BCUT2D eigenvalue weighted by molar-refractivity contribution is 7.53. The van der Waals surface area contributed by atoms with Crippen LogP contribution in [0.2, 0.25) is 0 Å². The Kier molecular flexibility index (Phi) is 6.94. The molecule has 0 bridgehead atoms. The Morgan fingerprint density at radius 3 is 2.45 bits per heavy atom. The predicted octanol–water partition coefficient (Wildman–Crippen LogP) is 2.55. The maximum Gasteiger partial charge on any atom is 0.433 e. The standard InChI is InChI=1S/C9H14Cl2N3O5P/c10-3-5-13(6-4-11)20(12,17)18-7-8-1-2-9(19-8)14(15)16/h1-2H,3-7H2,(H2,12,17). The largest absolute Gasteiger partial charge is 0.433 e. The molecule has 20 heavy (non-hydrogen) atoms. The zero-order valence-electron chi connectivity index (χ0n) is 10.4. The second-order valence-electron chi connectivity index (χ2n) is 3.67. The van der Waals surface area contributed by atoms with Gasteiger partial charge in [0.1, 0.15) is 17.3 Å². The third-order valence-electron chi connectivity index (χ3n) is 2.30. The quantitative estimate of drug-likeness (QED) is 0.316. The first kappa shape index (κ1) is 17.4. The maximum atomic E-state index is 12.2. The topological polar surface area (TPSA) is 112 Å². The molecule has 0 saturated carbocycles. The second-order valence-corrected chi connectivity index (χ2v) is 6.37. The van der Waals surface area contributed by atoms with Gasteiger partial charge < -0.3 is 4.42 Å². The van der Waals surface area contributed by atoms with E-state index in [-0.39, 0.29) is 37.2 Å². The molecule has 0 aromatic carbocycles. The highest BCUT2D eigenvalue weighted by Gasteiger charge is 2.27. The lowest BCUT2D eigenvalue weighted by atomic mass is 10.5. The Balaban J connectivity index is 2.64. The van der Waals surface area contributed by atoms with Crippen molar-refractivity contribution in [1.29, 1.82) is 0 Å². The van der Waals surface area contributed by atoms with E-state index in [1.54, 1.807) is 0 Å². The highest BCUT2D eigenvalue weighted by Crippen LogP contribution is 2.43. The number of furan rings is 1. The molecule has 0 aliphatic rings. The molecule has 0 fully saturated rings. The molecular weight excluding hydrogens is 332 g/mol. The molecule has 2 N–H and O–H groups in total. The van der Waals surface area contributed by atoms with E-state index in [1.165, 1.54) is 16.8 Å². The first-order chi connectivity index (χ1) is 9.40. The van der Waals surface area contributed by atoms with Crippen LogP contribution >= 0.6 is 30.9 Å². The Morgan fingerprint density at radius 1 is 1.40 bits per heavy atom. The van der Waals surface area contributed by atoms with Crippen molar-refractivity contribution < 1.29 is 18.4 Å². The van der Waals surface area contributed by atoms with E-state index in [0.717, 1.165) is 0 Å². The summed E-state index contributed by atoms with van der Waals surface area (Å²) in [5.41, 5.74) is 5.61. The van der Waals surface area contributed by atoms with Crippen LogP contribution in [0.3, 0.4) is 0 Å². The first-order valence-corrected chi connectivity index (χ1v) is 8.26. The minimum absolute atomic E-state index is 0.152. The number of nitrogens with two attached hydrogens (primary N) is 1. The van der Waals surface area contributed by atoms with Crippen LogP contribution in [0.15, 0.2) is 16.5 Å². The maximum absolute atomic E-state index is 12.2. The average molecular weight is 346 g/mol. The van der Waals surface area contributed by atoms with Gasteiger partial charge in [-0.15, -0.1) is 23.2 Å². The normalized spacial score (nSPS) is 14.4. The first-order valence-electron chi connectivity index (χ1n) is 5.54. The molecule has 1 atom stereocenters. The highest BCUT2D eigenvalue weighted by atomic mass is 35.5. The number of rotatable bonds is 9. The van der Waals surface area contributed by atoms with Gasteiger partial charge in [0, 0.05) is 24.8 Å². The SMILES string of the molecule is NP(=O)(OCc1ccc([N+](=O)[O-])o1)N(CCCl)CCCl. The molecule has 11 heteroatoms. The van der Waals surface area contributed by atoms with E-state index in [0.29, 0.717) is 0 Å². The summed E-state index contributed by atoms with van der Waals surface area (Å²) in [6.45, 7) is 0.253. The third-order valence-corrected chi connectivity index (χ3v) is 4.32. The van der Waals surface area contributed by atoms with Crippen LogP contribution in [0, 0.1) is 10.1 Å². The van der Waals surface area contributed by atoms with E-state index in [1.807, 2.05) is 0 Å². The molecule has 1 unspecified atom stereocenters. The zero-order valence-corrected chi connectivity index (χ0v) is 12.8. The molecule has 8 nitrogen and oxygen atoms in total. The van der Waals surface area contributed by atoms with Gasteiger partial charge in [0.15, 0.2) is 0 Å². The average Bonchev–Trinajstić information content (AvgIpc) is 2.85. The van der Waals surface area contributed by atoms with Gasteiger partial charge in [0.2, 0.25) is 0 Å². The Hall–Kier alpha value is -0.630. The van der Waals surface area contributed by atoms with Crippen molar-refractivity contribution in [3.8, 4) is 0 Å². The van der Waals surface area contributed by atoms with Crippen LogP contribution in [0.4, 0.5) is 5.88 Å². The number of alkyl halides is 2. The molecule has 0 radical (unpaired) electrons. The summed E-state index contributed by atoms with van der Waals surface area (Å²) in [5.74, 6) is 0.161. The summed E-state index contributed by atoms with van der Waals surface area (Å²) < 4.78 is 23.5. The van der Waals surface area contributed by atoms with Crippen molar-refractivity contribution in [1.82, 2.24) is 4.67 Å². The van der Waals surface area contributed by atoms with Crippen molar-refractivity contribution in [3.05, 3.63) is 28.0 Å². The fourth-order valence-electron chi connectivity index (χ4n) is 1.37. The Bertz CT molecular complexity index is 492. The van der Waals surface area contributed by atoms with Crippen molar-refractivity contribution in [2.75, 3.05) is 24.8 Å². The summed E-state index contributed by atoms with van der Waals surface area (Å²) >= 11 is 11.2. The van der Waals surface area contributed by atoms with E-state index >= 15 is 0 Å². The van der Waals surface area contributed by atoms with Gasteiger partial charge in [-0.05, 0) is 6.07 Å². The van der Waals surface area contributed by atoms with Crippen molar-refractivity contribution in [3.63, 3.8) is 0 Å². The minimum Gasteiger partial charge on any atom is -0.403 e. The second kappa shape index (κ2) is 7.97. The summed E-state index contributed by atoms with van der Waals surface area (Å²) in [6, 6.07) is 2.53. The summed E-state index contributed by atoms with van der Waals surface area (Å²) in [6.07, 6.45) is 0. The summed E-state index contributed by atoms with van der Waals surface area (Å²) in [4.78, 5) is 9.77. The summed E-state index contributed by atoms with van der Waals surface area (Å²) in [7, 11) is -3.58. The number of nitrogens with zero attached hydrogens (tertiary/aromatic N) is 2. The molecule has 0 spiro atoms. The summed E-state index contributed by atoms with van der Waals surface area (Å²) in [5, 5.41) is 10.4. The number of hydrogen-bond acceptors (Lipinski definition) is 5. The van der Waals surface area contributed by atoms with Crippen molar-refractivity contribution in [2.45, 2.75) is 6.61 Å². The van der Waals surface area contributed by atoms with Gasteiger partial charge in [-0.2, -0.15) is 0 Å². The van der Waals surface area contributed by atoms with Crippen LogP contribution in [0.1, 0.15) is 5.76 Å². The van der Waals surface area contributed by atoms with Crippen molar-refractivity contribution in [2.24, 2.45) is 5.50 Å². The fourth-order valence-corrected chi connectivity index (χ4v) is 3.24. The van der Waals surface area contributed by atoms with Gasteiger partial charge in [0.25, 0.3) is 0 Å². The molecule has 1 heterocycles. The minimum atomic E-state index is -3.58. The lowest BCUT2D eigenvalue weighted by molar-refractivity contribution is -0.402. The van der Waals surface area contributed by atoms with Gasteiger partial charge >= 0.3 is 13.6 Å². The number of nitro groups is 1. The molecule has 1 rings (SSSR count). The van der Waals surface area contributed by atoms with E-state index in [9.17, 15) is 14.7 Å². The number of halogens is 2. The van der Waals surface area contributed by atoms with Gasteiger partial charge in [0.05, 0.1) is 6.07 Å². The van der Waals surface area contributed by atoms with Crippen LogP contribution in [0.5, 0.6) is 0 Å². The van der Waals surface area contributed by atoms with Crippen molar-refractivity contribution >= 4 is 36.8 Å². The molecule has 0 amide bonds. The van der Waals surface area contributed by atoms with E-state index in [2.05, 4.69) is 0 Å². The Morgan fingerprint density at radius 2 is 2.00 bits per heavy atom. The Labute approximate surface area is 125 Å². The molecule has 0 saturated heterocycles. The zero-order chi connectivity index (χ0) is 15.2. The smallest absolute Gasteiger partial charge is 0.403 e. The molecule has 0 aliphatic carbocycles. The third kappa shape index (κ3) is 5.05. The van der Waals surface area contributed by atoms with Gasteiger partial charge in [-0.1, -0.05) is 0 Å². The number of hydrogen-bond donors (Lipinski definition) is 1. The van der Waals surface area contributed by atoms with E-state index < -0.39 is 18.5 Å². The van der Waals surface area contributed by atoms with E-state index in [4.69, 9.17) is 37.6 Å². The lowest BCUT2D eigenvalue weighted by Crippen LogP contribution is -2.29. The lowest BCUT2D eigenvalue weighted by Gasteiger charge is -2.26. The van der Waals surface area contributed by atoms with Crippen LogP contribution in [0.25, 0.3) is 0 Å². The van der Waals surface area contributed by atoms with Gasteiger partial charge in [-0.25, -0.2) is 10.2 Å². The fraction of sp³-hybridized carbons (Fsp3) is 0.556.